The van der Waals surface area contributed by atoms with Crippen LogP contribution in [0.4, 0.5) is 5.69 Å². The van der Waals surface area contributed by atoms with Gasteiger partial charge >= 0.3 is 0 Å². The summed E-state index contributed by atoms with van der Waals surface area (Å²) in [6.07, 6.45) is 3.31. The lowest BCUT2D eigenvalue weighted by Gasteiger charge is -2.36. The summed E-state index contributed by atoms with van der Waals surface area (Å²) in [5.41, 5.74) is 1.98. The van der Waals surface area contributed by atoms with Crippen LogP contribution in [-0.4, -0.2) is 17.7 Å². The van der Waals surface area contributed by atoms with Gasteiger partial charge in [-0.1, -0.05) is 17.7 Å². The number of aliphatic hydroxyl groups excluding tert-OH is 1. The Morgan fingerprint density at radius 1 is 1.41 bits per heavy atom. The molecule has 17 heavy (non-hydrogen) atoms. The van der Waals surface area contributed by atoms with Crippen molar-refractivity contribution in [3.05, 3.63) is 28.8 Å². The third-order valence-electron chi connectivity index (χ3n) is 3.57. The molecule has 3 heteroatoms. The highest BCUT2D eigenvalue weighted by molar-refractivity contribution is 6.33. The number of halogens is 1. The molecule has 0 radical (unpaired) electrons. The SMILES string of the molecule is C[C@H](O)c1ccc(N2CCCC[C@@H]2C)c(Cl)c1. The number of hydrogen-bond acceptors (Lipinski definition) is 2. The maximum atomic E-state index is 9.53. The minimum Gasteiger partial charge on any atom is -0.389 e. The number of nitrogens with zero attached hydrogens (tertiary/aromatic N) is 1. The second-order valence-electron chi connectivity index (χ2n) is 4.93. The Morgan fingerprint density at radius 2 is 2.18 bits per heavy atom. The maximum Gasteiger partial charge on any atom is 0.0762 e. The van der Waals surface area contributed by atoms with Crippen LogP contribution in [0.15, 0.2) is 18.2 Å². The van der Waals surface area contributed by atoms with E-state index in [9.17, 15) is 5.11 Å². The van der Waals surface area contributed by atoms with Crippen LogP contribution in [-0.2, 0) is 0 Å². The average molecular weight is 254 g/mol. The molecule has 2 atom stereocenters. The van der Waals surface area contributed by atoms with Crippen molar-refractivity contribution in [2.75, 3.05) is 11.4 Å². The Kier molecular flexibility index (Phi) is 3.95. The van der Waals surface area contributed by atoms with Gasteiger partial charge in [0.25, 0.3) is 0 Å². The summed E-state index contributed by atoms with van der Waals surface area (Å²) < 4.78 is 0. The van der Waals surface area contributed by atoms with Crippen LogP contribution < -0.4 is 4.90 Å². The van der Waals surface area contributed by atoms with Crippen LogP contribution in [0.1, 0.15) is 44.8 Å². The summed E-state index contributed by atoms with van der Waals surface area (Å²) in [5, 5.41) is 10.3. The second kappa shape index (κ2) is 5.28. The molecule has 2 nitrogen and oxygen atoms in total. The van der Waals surface area contributed by atoms with Crippen LogP contribution in [0, 0.1) is 0 Å². The van der Waals surface area contributed by atoms with Crippen molar-refractivity contribution in [3.63, 3.8) is 0 Å². The van der Waals surface area contributed by atoms with Gasteiger partial charge in [-0.05, 0) is 50.8 Å². The summed E-state index contributed by atoms with van der Waals surface area (Å²) >= 11 is 6.32. The fraction of sp³-hybridized carbons (Fsp3) is 0.571. The normalized spacial score (nSPS) is 22.6. The van der Waals surface area contributed by atoms with E-state index in [1.807, 2.05) is 18.2 Å². The lowest BCUT2D eigenvalue weighted by atomic mass is 10.0. The van der Waals surface area contributed by atoms with E-state index >= 15 is 0 Å². The number of rotatable bonds is 2. The molecule has 1 aliphatic rings. The molecule has 0 unspecified atom stereocenters. The minimum absolute atomic E-state index is 0.458. The Hall–Kier alpha value is -0.730. The van der Waals surface area contributed by atoms with Gasteiger partial charge in [0.1, 0.15) is 0 Å². The molecule has 94 valence electrons. The lowest BCUT2D eigenvalue weighted by Crippen LogP contribution is -2.37. The van der Waals surface area contributed by atoms with Crippen molar-refractivity contribution in [1.82, 2.24) is 0 Å². The van der Waals surface area contributed by atoms with Gasteiger partial charge in [-0.25, -0.2) is 0 Å². The highest BCUT2D eigenvalue weighted by Gasteiger charge is 2.20. The van der Waals surface area contributed by atoms with Crippen LogP contribution in [0.5, 0.6) is 0 Å². The standard InChI is InChI=1S/C14H20ClNO/c1-10-5-3-4-8-16(10)14-7-6-12(11(2)17)9-13(14)15/h6-7,9-11,17H,3-5,8H2,1-2H3/t10-,11-/m0/s1. The molecule has 1 N–H and O–H groups in total. The van der Waals surface area contributed by atoms with E-state index in [0.29, 0.717) is 6.04 Å². The van der Waals surface area contributed by atoms with Crippen molar-refractivity contribution in [1.29, 1.82) is 0 Å². The fourth-order valence-electron chi connectivity index (χ4n) is 2.47. The Bertz CT molecular complexity index is 392. The molecule has 1 fully saturated rings. The van der Waals surface area contributed by atoms with Gasteiger partial charge in [-0.15, -0.1) is 0 Å². The minimum atomic E-state index is -0.458. The van der Waals surface area contributed by atoms with Crippen LogP contribution >= 0.6 is 11.6 Å². The van der Waals surface area contributed by atoms with E-state index in [1.54, 1.807) is 6.92 Å². The number of aliphatic hydroxyl groups is 1. The largest absolute Gasteiger partial charge is 0.389 e. The molecule has 0 bridgehead atoms. The van der Waals surface area contributed by atoms with E-state index in [1.165, 1.54) is 19.3 Å². The van der Waals surface area contributed by atoms with Gasteiger partial charge in [-0.3, -0.25) is 0 Å². The first-order valence-electron chi connectivity index (χ1n) is 6.33. The molecule has 1 saturated heterocycles. The summed E-state index contributed by atoms with van der Waals surface area (Å²) in [4.78, 5) is 2.37. The molecule has 1 aromatic carbocycles. The van der Waals surface area contributed by atoms with E-state index in [4.69, 9.17) is 11.6 Å². The van der Waals surface area contributed by atoms with Gasteiger partial charge in [0, 0.05) is 12.6 Å². The van der Waals surface area contributed by atoms with E-state index in [-0.39, 0.29) is 0 Å². The lowest BCUT2D eigenvalue weighted by molar-refractivity contribution is 0.199. The van der Waals surface area contributed by atoms with Crippen molar-refractivity contribution < 1.29 is 5.11 Å². The molecular formula is C14H20ClNO. The monoisotopic (exact) mass is 253 g/mol. The molecule has 1 heterocycles. The van der Waals surface area contributed by atoms with Crippen LogP contribution in [0.2, 0.25) is 5.02 Å². The number of benzene rings is 1. The number of hydrogen-bond donors (Lipinski definition) is 1. The average Bonchev–Trinajstić information content (AvgIpc) is 2.30. The van der Waals surface area contributed by atoms with Crippen molar-refractivity contribution >= 4 is 17.3 Å². The first kappa shape index (κ1) is 12.7. The maximum absolute atomic E-state index is 9.53. The predicted molar refractivity (Wildman–Crippen MR) is 72.7 cm³/mol. The highest BCUT2D eigenvalue weighted by Crippen LogP contribution is 2.32. The Morgan fingerprint density at radius 3 is 2.76 bits per heavy atom. The van der Waals surface area contributed by atoms with E-state index in [0.717, 1.165) is 22.8 Å². The van der Waals surface area contributed by atoms with Gasteiger partial charge in [-0.2, -0.15) is 0 Å². The molecule has 1 aromatic rings. The smallest absolute Gasteiger partial charge is 0.0762 e. The third kappa shape index (κ3) is 2.75. The highest BCUT2D eigenvalue weighted by atomic mass is 35.5. The number of piperidine rings is 1. The molecule has 2 rings (SSSR count). The first-order valence-corrected chi connectivity index (χ1v) is 6.71. The molecule has 0 aliphatic carbocycles. The second-order valence-corrected chi connectivity index (χ2v) is 5.33. The first-order chi connectivity index (χ1) is 8.09. The van der Waals surface area contributed by atoms with E-state index in [2.05, 4.69) is 11.8 Å². The summed E-state index contributed by atoms with van der Waals surface area (Å²) in [7, 11) is 0. The van der Waals surface area contributed by atoms with Gasteiger partial charge in [0.05, 0.1) is 16.8 Å². The van der Waals surface area contributed by atoms with Crippen molar-refractivity contribution in [2.45, 2.75) is 45.3 Å². The number of anilines is 1. The topological polar surface area (TPSA) is 23.5 Å². The Labute approximate surface area is 108 Å². The quantitative estimate of drug-likeness (QED) is 0.867. The molecule has 0 amide bonds. The Balaban J connectivity index is 2.26. The molecule has 0 aromatic heterocycles. The van der Waals surface area contributed by atoms with Gasteiger partial charge in [0.2, 0.25) is 0 Å². The summed E-state index contributed by atoms with van der Waals surface area (Å²) in [6, 6.07) is 6.43. The molecule has 0 saturated carbocycles. The summed E-state index contributed by atoms with van der Waals surface area (Å²) in [5.74, 6) is 0. The van der Waals surface area contributed by atoms with Gasteiger partial charge in [0.15, 0.2) is 0 Å². The molecule has 0 spiro atoms. The predicted octanol–water partition coefficient (Wildman–Crippen LogP) is 3.77. The molecular weight excluding hydrogens is 234 g/mol. The zero-order valence-corrected chi connectivity index (χ0v) is 11.2. The molecule has 1 aliphatic heterocycles. The van der Waals surface area contributed by atoms with Crippen LogP contribution in [0.3, 0.4) is 0 Å². The fourth-order valence-corrected chi connectivity index (χ4v) is 2.77. The zero-order chi connectivity index (χ0) is 12.4. The van der Waals surface area contributed by atoms with Crippen LogP contribution in [0.25, 0.3) is 0 Å². The third-order valence-corrected chi connectivity index (χ3v) is 3.87. The van der Waals surface area contributed by atoms with Gasteiger partial charge < -0.3 is 10.0 Å². The van der Waals surface area contributed by atoms with E-state index < -0.39 is 6.10 Å². The van der Waals surface area contributed by atoms with Crippen molar-refractivity contribution in [2.24, 2.45) is 0 Å². The zero-order valence-electron chi connectivity index (χ0n) is 10.5. The van der Waals surface area contributed by atoms with Crippen molar-refractivity contribution in [3.8, 4) is 0 Å². The summed E-state index contributed by atoms with van der Waals surface area (Å²) in [6.45, 7) is 5.09.